The molecule has 8 nitrogen and oxygen atoms in total. The number of hydrogen-bond acceptors (Lipinski definition) is 7. The second kappa shape index (κ2) is 9.32. The summed E-state index contributed by atoms with van der Waals surface area (Å²) in [6.45, 7) is 9.12. The number of rotatable bonds is 5. The van der Waals surface area contributed by atoms with Crippen molar-refractivity contribution in [3.05, 3.63) is 0 Å². The van der Waals surface area contributed by atoms with Gasteiger partial charge in [0.1, 0.15) is 0 Å². The number of esters is 1. The molecule has 0 unspecified atom stereocenters. The fourth-order valence-electron chi connectivity index (χ4n) is 4.42. The van der Waals surface area contributed by atoms with Crippen LogP contribution in [0.4, 0.5) is 0 Å². The van der Waals surface area contributed by atoms with E-state index in [1.165, 1.54) is 19.8 Å². The molecule has 1 amide bonds. The molecule has 0 radical (unpaired) electrons. The van der Waals surface area contributed by atoms with Gasteiger partial charge in [0.2, 0.25) is 11.7 Å². The minimum Gasteiger partial charge on any atom is -0.433 e. The van der Waals surface area contributed by atoms with Gasteiger partial charge in [-0.05, 0) is 25.9 Å². The Morgan fingerprint density at radius 3 is 2.30 bits per heavy atom. The largest absolute Gasteiger partial charge is 0.433 e. The molecule has 3 aliphatic heterocycles. The Balaban J connectivity index is 1.34. The van der Waals surface area contributed by atoms with Crippen LogP contribution in [0.3, 0.4) is 0 Å². The van der Waals surface area contributed by atoms with Crippen molar-refractivity contribution in [3.63, 3.8) is 0 Å². The van der Waals surface area contributed by atoms with E-state index in [2.05, 4.69) is 15.1 Å². The predicted molar refractivity (Wildman–Crippen MR) is 101 cm³/mol. The lowest BCUT2D eigenvalue weighted by Crippen LogP contribution is -2.54. The maximum atomic E-state index is 12.5. The number of ether oxygens (including phenoxy) is 1. The molecule has 0 aliphatic carbocycles. The zero-order chi connectivity index (χ0) is 19.3. The lowest BCUT2D eigenvalue weighted by Gasteiger charge is -2.41. The summed E-state index contributed by atoms with van der Waals surface area (Å²) in [6.07, 6.45) is 3.73. The highest BCUT2D eigenvalue weighted by Crippen LogP contribution is 2.24. The fourth-order valence-corrected chi connectivity index (χ4v) is 4.42. The third-order valence-corrected chi connectivity index (χ3v) is 6.10. The van der Waals surface area contributed by atoms with Gasteiger partial charge in [-0.1, -0.05) is 0 Å². The minimum absolute atomic E-state index is 0.223. The average molecular weight is 383 g/mol. The smallest absolute Gasteiger partial charge is 0.305 e. The molecular weight excluding hydrogens is 348 g/mol. The summed E-state index contributed by atoms with van der Waals surface area (Å²) < 4.78 is 5.01. The zero-order valence-corrected chi connectivity index (χ0v) is 16.5. The molecule has 3 heterocycles. The number of aliphatic hydroxyl groups is 1. The van der Waals surface area contributed by atoms with E-state index < -0.39 is 11.8 Å². The molecule has 0 saturated carbocycles. The van der Waals surface area contributed by atoms with Crippen LogP contribution in [0.5, 0.6) is 0 Å². The van der Waals surface area contributed by atoms with Gasteiger partial charge in [-0.15, -0.1) is 0 Å². The summed E-state index contributed by atoms with van der Waals surface area (Å²) >= 11 is 0. The van der Waals surface area contributed by atoms with Gasteiger partial charge < -0.3 is 25.0 Å². The van der Waals surface area contributed by atoms with Gasteiger partial charge in [0.05, 0.1) is 0 Å². The molecule has 0 spiro atoms. The van der Waals surface area contributed by atoms with E-state index in [0.717, 1.165) is 39.3 Å². The van der Waals surface area contributed by atoms with Crippen LogP contribution in [0.15, 0.2) is 0 Å². The van der Waals surface area contributed by atoms with Crippen molar-refractivity contribution >= 4 is 11.9 Å². The first-order chi connectivity index (χ1) is 13.0. The molecule has 3 rings (SSSR count). The van der Waals surface area contributed by atoms with Gasteiger partial charge >= 0.3 is 5.97 Å². The SMILES string of the molecule is CC(=O)OC1(O)CCN(CCC(=O)N2CCN(C3CCNCC3)CC2)CC1. The Morgan fingerprint density at radius 1 is 1.07 bits per heavy atom. The first kappa shape index (κ1) is 20.5. The van der Waals surface area contributed by atoms with Crippen LogP contribution in [0.1, 0.15) is 39.0 Å². The first-order valence-electron chi connectivity index (χ1n) is 10.3. The predicted octanol–water partition coefficient (Wildman–Crippen LogP) is -0.380. The van der Waals surface area contributed by atoms with Crippen molar-refractivity contribution in [2.24, 2.45) is 0 Å². The Hall–Kier alpha value is -1.22. The Labute approximate surface area is 161 Å². The number of piperidine rings is 2. The molecule has 0 aromatic carbocycles. The maximum Gasteiger partial charge on any atom is 0.305 e. The van der Waals surface area contributed by atoms with E-state index in [-0.39, 0.29) is 5.91 Å². The van der Waals surface area contributed by atoms with Crippen LogP contribution >= 0.6 is 0 Å². The van der Waals surface area contributed by atoms with Crippen LogP contribution in [0.2, 0.25) is 0 Å². The van der Waals surface area contributed by atoms with Gasteiger partial charge in [0.25, 0.3) is 0 Å². The molecule has 0 atom stereocenters. The van der Waals surface area contributed by atoms with E-state index in [4.69, 9.17) is 4.74 Å². The van der Waals surface area contributed by atoms with Crippen LogP contribution in [-0.2, 0) is 14.3 Å². The Morgan fingerprint density at radius 2 is 1.70 bits per heavy atom. The lowest BCUT2D eigenvalue weighted by atomic mass is 10.0. The summed E-state index contributed by atoms with van der Waals surface area (Å²) in [7, 11) is 0. The summed E-state index contributed by atoms with van der Waals surface area (Å²) in [5.41, 5.74) is 0. The van der Waals surface area contributed by atoms with Crippen LogP contribution in [-0.4, -0.2) is 102 Å². The first-order valence-corrected chi connectivity index (χ1v) is 10.3. The molecule has 27 heavy (non-hydrogen) atoms. The number of carbonyl (C=O) groups is 2. The molecule has 3 aliphatic rings. The summed E-state index contributed by atoms with van der Waals surface area (Å²) in [5.74, 6) is -1.57. The molecule has 0 bridgehead atoms. The molecule has 8 heteroatoms. The van der Waals surface area contributed by atoms with Crippen molar-refractivity contribution in [1.82, 2.24) is 20.0 Å². The highest BCUT2D eigenvalue weighted by molar-refractivity contribution is 5.76. The monoisotopic (exact) mass is 382 g/mol. The quantitative estimate of drug-likeness (QED) is 0.495. The average Bonchev–Trinajstić information content (AvgIpc) is 2.67. The van der Waals surface area contributed by atoms with E-state index in [9.17, 15) is 14.7 Å². The standard InChI is InChI=1S/C19H34N4O4/c1-16(24)27-19(26)5-10-21(11-6-19)9-4-18(25)23-14-12-22(13-15-23)17-2-7-20-8-3-17/h17,20,26H,2-15H2,1H3. The minimum atomic E-state index is -1.34. The van der Waals surface area contributed by atoms with Crippen molar-refractivity contribution in [1.29, 1.82) is 0 Å². The normalized spacial score (nSPS) is 25.3. The van der Waals surface area contributed by atoms with Crippen molar-refractivity contribution < 1.29 is 19.4 Å². The van der Waals surface area contributed by atoms with E-state index in [0.29, 0.717) is 44.9 Å². The number of amides is 1. The lowest BCUT2D eigenvalue weighted by molar-refractivity contribution is -0.222. The van der Waals surface area contributed by atoms with Gasteiger partial charge in [-0.2, -0.15) is 0 Å². The van der Waals surface area contributed by atoms with E-state index >= 15 is 0 Å². The number of nitrogens with one attached hydrogen (secondary N) is 1. The van der Waals surface area contributed by atoms with Gasteiger partial charge in [0, 0.05) is 78.0 Å². The third kappa shape index (κ3) is 5.88. The second-order valence-corrected chi connectivity index (χ2v) is 8.03. The summed E-state index contributed by atoms with van der Waals surface area (Å²) in [4.78, 5) is 30.3. The molecule has 0 aromatic heterocycles. The van der Waals surface area contributed by atoms with Crippen LogP contribution in [0, 0.1) is 0 Å². The molecule has 3 saturated heterocycles. The van der Waals surface area contributed by atoms with E-state index in [1.54, 1.807) is 0 Å². The van der Waals surface area contributed by atoms with E-state index in [1.807, 2.05) is 4.90 Å². The van der Waals surface area contributed by atoms with Gasteiger partial charge in [-0.25, -0.2) is 0 Å². The topological polar surface area (TPSA) is 85.3 Å². The van der Waals surface area contributed by atoms with Crippen molar-refractivity contribution in [2.75, 3.05) is 58.9 Å². The maximum absolute atomic E-state index is 12.5. The fraction of sp³-hybridized carbons (Fsp3) is 0.895. The third-order valence-electron chi connectivity index (χ3n) is 6.10. The number of nitrogens with zero attached hydrogens (tertiary/aromatic N) is 3. The van der Waals surface area contributed by atoms with Crippen LogP contribution in [0.25, 0.3) is 0 Å². The van der Waals surface area contributed by atoms with Gasteiger partial charge in [0.15, 0.2) is 0 Å². The Kier molecular flexibility index (Phi) is 7.08. The molecule has 2 N–H and O–H groups in total. The summed E-state index contributed by atoms with van der Waals surface area (Å²) in [5, 5.41) is 13.6. The molecule has 3 fully saturated rings. The number of hydrogen-bond donors (Lipinski definition) is 2. The van der Waals surface area contributed by atoms with Crippen molar-refractivity contribution in [2.45, 2.75) is 50.9 Å². The zero-order valence-electron chi connectivity index (χ0n) is 16.5. The van der Waals surface area contributed by atoms with Crippen molar-refractivity contribution in [3.8, 4) is 0 Å². The van der Waals surface area contributed by atoms with Gasteiger partial charge in [-0.3, -0.25) is 14.5 Å². The summed E-state index contributed by atoms with van der Waals surface area (Å²) in [6, 6.07) is 0.674. The van der Waals surface area contributed by atoms with Crippen LogP contribution < -0.4 is 5.32 Å². The highest BCUT2D eigenvalue weighted by Gasteiger charge is 2.35. The molecule has 154 valence electrons. The Bertz CT molecular complexity index is 508. The number of piperazine rings is 1. The molecule has 0 aromatic rings. The second-order valence-electron chi connectivity index (χ2n) is 8.03. The highest BCUT2D eigenvalue weighted by atomic mass is 16.7. The number of carbonyl (C=O) groups excluding carboxylic acids is 2. The number of likely N-dealkylation sites (tertiary alicyclic amines) is 1. The molecular formula is C19H34N4O4.